The van der Waals surface area contributed by atoms with Crippen LogP contribution in [-0.2, 0) is 0 Å². The molecule has 0 aliphatic carbocycles. The summed E-state index contributed by atoms with van der Waals surface area (Å²) in [6, 6.07) is 12.9. The van der Waals surface area contributed by atoms with Crippen molar-refractivity contribution in [2.24, 2.45) is 0 Å². The van der Waals surface area contributed by atoms with E-state index in [-0.39, 0.29) is 5.78 Å². The van der Waals surface area contributed by atoms with Crippen LogP contribution in [0.4, 0.5) is 0 Å². The number of hydrogen-bond acceptors (Lipinski definition) is 3. The van der Waals surface area contributed by atoms with Crippen LogP contribution in [-0.4, -0.2) is 20.0 Å². The molecule has 0 heterocycles. The molecule has 0 N–H and O–H groups in total. The Hall–Kier alpha value is -2.55. The number of aryl methyl sites for hydroxylation is 1. The van der Waals surface area contributed by atoms with Gasteiger partial charge in [0.2, 0.25) is 0 Å². The van der Waals surface area contributed by atoms with Crippen molar-refractivity contribution in [3.8, 4) is 11.5 Å². The summed E-state index contributed by atoms with van der Waals surface area (Å²) < 4.78 is 10.3. The predicted molar refractivity (Wildman–Crippen MR) is 84.1 cm³/mol. The quantitative estimate of drug-likeness (QED) is 0.616. The van der Waals surface area contributed by atoms with Crippen LogP contribution >= 0.6 is 0 Å². The molecule has 2 aromatic carbocycles. The Bertz CT molecular complexity index is 672. The second-order valence-electron chi connectivity index (χ2n) is 4.66. The van der Waals surface area contributed by atoms with Crippen molar-refractivity contribution in [1.29, 1.82) is 0 Å². The number of ketones is 1. The number of allylic oxidation sites excluding steroid dienone is 1. The predicted octanol–water partition coefficient (Wildman–Crippen LogP) is 3.91. The highest BCUT2D eigenvalue weighted by Gasteiger charge is 2.03. The molecule has 0 amide bonds. The standard InChI is InChI=1S/C18H18O3/c1-13-11-14(8-10-18(13)21-3)7-9-17(19)15-5-4-6-16(12-15)20-2/h4-12H,1-3H3/b9-7+. The molecule has 0 aliphatic rings. The number of methoxy groups -OCH3 is 2. The first-order valence-corrected chi connectivity index (χ1v) is 6.65. The summed E-state index contributed by atoms with van der Waals surface area (Å²) in [7, 11) is 3.23. The molecule has 2 aromatic rings. The molecule has 3 heteroatoms. The zero-order chi connectivity index (χ0) is 15.2. The van der Waals surface area contributed by atoms with E-state index in [4.69, 9.17) is 9.47 Å². The van der Waals surface area contributed by atoms with Gasteiger partial charge in [0, 0.05) is 5.56 Å². The van der Waals surface area contributed by atoms with E-state index in [1.165, 1.54) is 0 Å². The number of benzene rings is 2. The minimum Gasteiger partial charge on any atom is -0.497 e. The summed E-state index contributed by atoms with van der Waals surface area (Å²) in [5, 5.41) is 0. The van der Waals surface area contributed by atoms with Crippen molar-refractivity contribution in [3.63, 3.8) is 0 Å². The summed E-state index contributed by atoms with van der Waals surface area (Å²) >= 11 is 0. The number of ether oxygens (including phenoxy) is 2. The van der Waals surface area contributed by atoms with Crippen LogP contribution in [0.2, 0.25) is 0 Å². The van der Waals surface area contributed by atoms with Crippen molar-refractivity contribution < 1.29 is 14.3 Å². The molecule has 0 bridgehead atoms. The van der Waals surface area contributed by atoms with Gasteiger partial charge in [-0.25, -0.2) is 0 Å². The lowest BCUT2D eigenvalue weighted by Gasteiger charge is -2.04. The number of carbonyl (C=O) groups is 1. The van der Waals surface area contributed by atoms with Gasteiger partial charge in [0.1, 0.15) is 11.5 Å². The summed E-state index contributed by atoms with van der Waals surface area (Å²) in [5.41, 5.74) is 2.61. The highest BCUT2D eigenvalue weighted by atomic mass is 16.5. The number of hydrogen-bond donors (Lipinski definition) is 0. The Kier molecular flexibility index (Phi) is 4.77. The first-order chi connectivity index (χ1) is 10.1. The SMILES string of the molecule is COc1cccc(C(=O)/C=C/c2ccc(OC)c(C)c2)c1. The minimum atomic E-state index is -0.0534. The maximum absolute atomic E-state index is 12.1. The van der Waals surface area contributed by atoms with Crippen LogP contribution in [0.5, 0.6) is 11.5 Å². The molecule has 0 aromatic heterocycles. The fraction of sp³-hybridized carbons (Fsp3) is 0.167. The van der Waals surface area contributed by atoms with Gasteiger partial charge >= 0.3 is 0 Å². The molecule has 0 fully saturated rings. The largest absolute Gasteiger partial charge is 0.497 e. The van der Waals surface area contributed by atoms with E-state index < -0.39 is 0 Å². The topological polar surface area (TPSA) is 35.5 Å². The van der Waals surface area contributed by atoms with Gasteiger partial charge in [-0.1, -0.05) is 24.3 Å². The van der Waals surface area contributed by atoms with E-state index >= 15 is 0 Å². The van der Waals surface area contributed by atoms with Crippen LogP contribution in [0.15, 0.2) is 48.5 Å². The molecule has 0 unspecified atom stereocenters. The Labute approximate surface area is 124 Å². The first kappa shape index (κ1) is 14.9. The monoisotopic (exact) mass is 282 g/mol. The summed E-state index contributed by atoms with van der Waals surface area (Å²) in [6.45, 7) is 1.97. The third-order valence-electron chi connectivity index (χ3n) is 3.20. The molecule has 108 valence electrons. The molecule has 0 saturated heterocycles. The summed E-state index contributed by atoms with van der Waals surface area (Å²) in [5.74, 6) is 1.46. The average molecular weight is 282 g/mol. The Morgan fingerprint density at radius 2 is 1.86 bits per heavy atom. The molecule has 0 spiro atoms. The molecule has 3 nitrogen and oxygen atoms in total. The zero-order valence-corrected chi connectivity index (χ0v) is 12.4. The Morgan fingerprint density at radius 1 is 1.05 bits per heavy atom. The van der Waals surface area contributed by atoms with Crippen LogP contribution in [0.3, 0.4) is 0 Å². The van der Waals surface area contributed by atoms with Crippen LogP contribution in [0, 0.1) is 6.92 Å². The molecular formula is C18H18O3. The van der Waals surface area contributed by atoms with Crippen molar-refractivity contribution in [3.05, 3.63) is 65.2 Å². The lowest BCUT2D eigenvalue weighted by Crippen LogP contribution is -1.95. The van der Waals surface area contributed by atoms with Gasteiger partial charge in [0.25, 0.3) is 0 Å². The van der Waals surface area contributed by atoms with Gasteiger partial charge < -0.3 is 9.47 Å². The van der Waals surface area contributed by atoms with E-state index in [9.17, 15) is 4.79 Å². The second-order valence-corrected chi connectivity index (χ2v) is 4.66. The van der Waals surface area contributed by atoms with E-state index in [1.54, 1.807) is 44.6 Å². The zero-order valence-electron chi connectivity index (χ0n) is 12.4. The molecule has 0 atom stereocenters. The lowest BCUT2D eigenvalue weighted by atomic mass is 10.1. The number of rotatable bonds is 5. The van der Waals surface area contributed by atoms with Gasteiger partial charge in [0.05, 0.1) is 14.2 Å². The molecule has 0 saturated carbocycles. The van der Waals surface area contributed by atoms with Crippen molar-refractivity contribution >= 4 is 11.9 Å². The molecular weight excluding hydrogens is 264 g/mol. The van der Waals surface area contributed by atoms with Gasteiger partial charge in [-0.3, -0.25) is 4.79 Å². The van der Waals surface area contributed by atoms with Gasteiger partial charge in [-0.2, -0.15) is 0 Å². The molecule has 2 rings (SSSR count). The average Bonchev–Trinajstić information content (AvgIpc) is 2.52. The number of carbonyl (C=O) groups excluding carboxylic acids is 1. The van der Waals surface area contributed by atoms with E-state index in [0.29, 0.717) is 11.3 Å². The highest BCUT2D eigenvalue weighted by Crippen LogP contribution is 2.19. The summed E-state index contributed by atoms with van der Waals surface area (Å²) in [4.78, 5) is 12.1. The Balaban J connectivity index is 2.16. The van der Waals surface area contributed by atoms with E-state index in [0.717, 1.165) is 16.9 Å². The van der Waals surface area contributed by atoms with Gasteiger partial charge in [-0.05, 0) is 48.4 Å². The smallest absolute Gasteiger partial charge is 0.185 e. The van der Waals surface area contributed by atoms with Crippen LogP contribution in [0.1, 0.15) is 21.5 Å². The third-order valence-corrected chi connectivity index (χ3v) is 3.20. The van der Waals surface area contributed by atoms with Crippen molar-refractivity contribution in [2.75, 3.05) is 14.2 Å². The normalized spacial score (nSPS) is 10.6. The molecule has 0 radical (unpaired) electrons. The molecule has 21 heavy (non-hydrogen) atoms. The van der Waals surface area contributed by atoms with Crippen LogP contribution in [0.25, 0.3) is 6.08 Å². The maximum Gasteiger partial charge on any atom is 0.185 e. The van der Waals surface area contributed by atoms with Gasteiger partial charge in [0.15, 0.2) is 5.78 Å². The van der Waals surface area contributed by atoms with Crippen LogP contribution < -0.4 is 9.47 Å². The van der Waals surface area contributed by atoms with E-state index in [2.05, 4.69) is 0 Å². The lowest BCUT2D eigenvalue weighted by molar-refractivity contribution is 0.104. The highest BCUT2D eigenvalue weighted by molar-refractivity contribution is 6.07. The van der Waals surface area contributed by atoms with Crippen molar-refractivity contribution in [2.45, 2.75) is 6.92 Å². The fourth-order valence-electron chi connectivity index (χ4n) is 2.05. The minimum absolute atomic E-state index is 0.0534. The molecule has 0 aliphatic heterocycles. The van der Waals surface area contributed by atoms with E-state index in [1.807, 2.05) is 31.2 Å². The first-order valence-electron chi connectivity index (χ1n) is 6.65. The van der Waals surface area contributed by atoms with Gasteiger partial charge in [-0.15, -0.1) is 0 Å². The summed E-state index contributed by atoms with van der Waals surface area (Å²) in [6.07, 6.45) is 3.37. The third kappa shape index (κ3) is 3.72. The second kappa shape index (κ2) is 6.75. The van der Waals surface area contributed by atoms with Crippen molar-refractivity contribution in [1.82, 2.24) is 0 Å². The fourth-order valence-corrected chi connectivity index (χ4v) is 2.05. The Morgan fingerprint density at radius 3 is 2.52 bits per heavy atom. The maximum atomic E-state index is 12.1.